The van der Waals surface area contributed by atoms with Crippen molar-refractivity contribution in [1.82, 2.24) is 0 Å². The number of anilines is 1. The molecule has 2 N–H and O–H groups in total. The lowest BCUT2D eigenvalue weighted by molar-refractivity contribution is -0.116. The van der Waals surface area contributed by atoms with Gasteiger partial charge in [0.15, 0.2) is 0 Å². The number of benzene rings is 2. The molecular weight excluding hydrogens is 406 g/mol. The molecule has 0 unspecified atom stereocenters. The van der Waals surface area contributed by atoms with Gasteiger partial charge in [-0.1, -0.05) is 52.2 Å². The van der Waals surface area contributed by atoms with Crippen LogP contribution in [0.15, 0.2) is 30.3 Å². The SMILES string of the molecule is CCCCCCC(=O)Nc1c(C(=O)O)cc(-c2ccc(C(=O)OC)cc2)c(C(C)C)c1C. The maximum Gasteiger partial charge on any atom is 0.337 e. The third kappa shape index (κ3) is 5.96. The Bertz CT molecular complexity index is 977. The second-order valence-electron chi connectivity index (χ2n) is 8.27. The molecule has 0 heterocycles. The second kappa shape index (κ2) is 11.5. The number of carbonyl (C=O) groups excluding carboxylic acids is 2. The fourth-order valence-corrected chi connectivity index (χ4v) is 3.96. The highest BCUT2D eigenvalue weighted by molar-refractivity contribution is 6.03. The standard InChI is InChI=1S/C26H33NO5/c1-6-7-8-9-10-22(28)27-24-17(4)23(16(2)3)20(15-21(24)25(29)30)18-11-13-19(14-12-18)26(31)32-5/h11-16H,6-10H2,1-5H3,(H,27,28)(H,29,30). The number of carboxylic acid groups (broad SMARTS) is 1. The first kappa shape index (κ1) is 25.1. The molecular formula is C26H33NO5. The number of rotatable bonds is 10. The maximum atomic E-state index is 12.5. The minimum Gasteiger partial charge on any atom is -0.478 e. The van der Waals surface area contributed by atoms with Gasteiger partial charge in [-0.25, -0.2) is 9.59 Å². The molecule has 0 atom stereocenters. The number of aromatic carboxylic acids is 1. The third-order valence-electron chi connectivity index (χ3n) is 5.57. The first-order chi connectivity index (χ1) is 15.2. The van der Waals surface area contributed by atoms with Crippen molar-refractivity contribution in [3.8, 4) is 11.1 Å². The quantitative estimate of drug-likeness (QED) is 0.341. The van der Waals surface area contributed by atoms with Crippen LogP contribution in [0.1, 0.15) is 90.6 Å². The Morgan fingerprint density at radius 1 is 1.06 bits per heavy atom. The third-order valence-corrected chi connectivity index (χ3v) is 5.57. The van der Waals surface area contributed by atoms with Crippen LogP contribution >= 0.6 is 0 Å². The molecule has 6 nitrogen and oxygen atoms in total. The molecule has 32 heavy (non-hydrogen) atoms. The predicted octanol–water partition coefficient (Wildman–Crippen LogP) is 6.18. The molecule has 2 aromatic rings. The maximum absolute atomic E-state index is 12.5. The van der Waals surface area contributed by atoms with Crippen LogP contribution in [0.5, 0.6) is 0 Å². The molecule has 172 valence electrons. The first-order valence-corrected chi connectivity index (χ1v) is 11.1. The molecule has 0 spiro atoms. The summed E-state index contributed by atoms with van der Waals surface area (Å²) in [4.78, 5) is 36.4. The van der Waals surface area contributed by atoms with Crippen molar-refractivity contribution < 1.29 is 24.2 Å². The van der Waals surface area contributed by atoms with Crippen molar-refractivity contribution in [2.24, 2.45) is 0 Å². The number of ether oxygens (including phenoxy) is 1. The summed E-state index contributed by atoms with van der Waals surface area (Å²) in [5.41, 5.74) is 4.11. The lowest BCUT2D eigenvalue weighted by Crippen LogP contribution is -2.17. The van der Waals surface area contributed by atoms with Gasteiger partial charge in [0.1, 0.15) is 0 Å². The second-order valence-corrected chi connectivity index (χ2v) is 8.27. The lowest BCUT2D eigenvalue weighted by atomic mass is 9.85. The Balaban J connectivity index is 2.50. The molecule has 0 aromatic heterocycles. The summed E-state index contributed by atoms with van der Waals surface area (Å²) in [6.07, 6.45) is 4.29. The van der Waals surface area contributed by atoms with Crippen LogP contribution in [-0.2, 0) is 9.53 Å². The number of amides is 1. The number of unbranched alkanes of at least 4 members (excludes halogenated alkanes) is 3. The van der Waals surface area contributed by atoms with Crippen molar-refractivity contribution >= 4 is 23.5 Å². The van der Waals surface area contributed by atoms with Gasteiger partial charge in [0.25, 0.3) is 0 Å². The Labute approximate surface area is 190 Å². The Morgan fingerprint density at radius 3 is 2.25 bits per heavy atom. The molecule has 0 aliphatic rings. The monoisotopic (exact) mass is 439 g/mol. The molecule has 0 aliphatic carbocycles. The fourth-order valence-electron chi connectivity index (χ4n) is 3.96. The van der Waals surface area contributed by atoms with E-state index in [2.05, 4.69) is 12.2 Å². The zero-order valence-corrected chi connectivity index (χ0v) is 19.6. The molecule has 0 radical (unpaired) electrons. The van der Waals surface area contributed by atoms with E-state index in [4.69, 9.17) is 4.74 Å². The van der Waals surface area contributed by atoms with E-state index in [1.54, 1.807) is 30.3 Å². The minimum absolute atomic E-state index is 0.0563. The molecule has 0 saturated carbocycles. The molecule has 0 saturated heterocycles. The number of hydrogen-bond acceptors (Lipinski definition) is 4. The van der Waals surface area contributed by atoms with Crippen LogP contribution in [0.4, 0.5) is 5.69 Å². The van der Waals surface area contributed by atoms with E-state index in [0.29, 0.717) is 17.7 Å². The number of methoxy groups -OCH3 is 1. The summed E-state index contributed by atoms with van der Waals surface area (Å²) in [6, 6.07) is 8.50. The van der Waals surface area contributed by atoms with E-state index in [1.165, 1.54) is 7.11 Å². The number of carboxylic acids is 1. The molecule has 6 heteroatoms. The van der Waals surface area contributed by atoms with E-state index >= 15 is 0 Å². The summed E-state index contributed by atoms with van der Waals surface area (Å²) < 4.78 is 4.75. The van der Waals surface area contributed by atoms with Crippen molar-refractivity contribution in [1.29, 1.82) is 0 Å². The average Bonchev–Trinajstić information content (AvgIpc) is 2.76. The van der Waals surface area contributed by atoms with Crippen LogP contribution in [0, 0.1) is 6.92 Å². The van der Waals surface area contributed by atoms with Gasteiger partial charge >= 0.3 is 11.9 Å². The molecule has 2 rings (SSSR count). The molecule has 0 bridgehead atoms. The van der Waals surface area contributed by atoms with E-state index < -0.39 is 11.9 Å². The van der Waals surface area contributed by atoms with E-state index in [9.17, 15) is 19.5 Å². The van der Waals surface area contributed by atoms with Crippen molar-refractivity contribution in [2.75, 3.05) is 12.4 Å². The topological polar surface area (TPSA) is 92.7 Å². The van der Waals surface area contributed by atoms with Gasteiger partial charge in [-0.05, 0) is 59.7 Å². The molecule has 0 aliphatic heterocycles. The van der Waals surface area contributed by atoms with Crippen molar-refractivity contribution in [2.45, 2.75) is 65.7 Å². The van der Waals surface area contributed by atoms with Crippen LogP contribution in [0.25, 0.3) is 11.1 Å². The summed E-state index contributed by atoms with van der Waals surface area (Å²) in [5.74, 6) is -1.61. The van der Waals surface area contributed by atoms with Gasteiger partial charge in [0.2, 0.25) is 5.91 Å². The van der Waals surface area contributed by atoms with Gasteiger partial charge in [-0.15, -0.1) is 0 Å². The van der Waals surface area contributed by atoms with Gasteiger partial charge in [-0.2, -0.15) is 0 Å². The van der Waals surface area contributed by atoms with Crippen molar-refractivity contribution in [3.05, 3.63) is 52.6 Å². The number of carbonyl (C=O) groups is 3. The van der Waals surface area contributed by atoms with Gasteiger partial charge in [0, 0.05) is 6.42 Å². The van der Waals surface area contributed by atoms with Crippen LogP contribution < -0.4 is 5.32 Å². The molecule has 0 fully saturated rings. The first-order valence-electron chi connectivity index (χ1n) is 11.1. The van der Waals surface area contributed by atoms with E-state index in [0.717, 1.165) is 47.9 Å². The highest BCUT2D eigenvalue weighted by Gasteiger charge is 2.23. The average molecular weight is 440 g/mol. The fraction of sp³-hybridized carbons (Fsp3) is 0.423. The Hall–Kier alpha value is -3.15. The summed E-state index contributed by atoms with van der Waals surface area (Å²) in [6.45, 7) is 8.03. The Morgan fingerprint density at radius 2 is 1.72 bits per heavy atom. The zero-order valence-electron chi connectivity index (χ0n) is 19.6. The summed E-state index contributed by atoms with van der Waals surface area (Å²) >= 11 is 0. The highest BCUT2D eigenvalue weighted by atomic mass is 16.5. The molecule has 2 aromatic carbocycles. The lowest BCUT2D eigenvalue weighted by Gasteiger charge is -2.22. The van der Waals surface area contributed by atoms with Crippen LogP contribution in [0.2, 0.25) is 0 Å². The number of hydrogen-bond donors (Lipinski definition) is 2. The van der Waals surface area contributed by atoms with Crippen LogP contribution in [-0.4, -0.2) is 30.1 Å². The highest BCUT2D eigenvalue weighted by Crippen LogP contribution is 2.38. The zero-order chi connectivity index (χ0) is 23.8. The summed E-state index contributed by atoms with van der Waals surface area (Å²) in [5, 5.41) is 12.7. The summed E-state index contributed by atoms with van der Waals surface area (Å²) in [7, 11) is 1.33. The van der Waals surface area contributed by atoms with Gasteiger partial charge < -0.3 is 15.2 Å². The van der Waals surface area contributed by atoms with E-state index in [-0.39, 0.29) is 17.4 Å². The van der Waals surface area contributed by atoms with Crippen molar-refractivity contribution in [3.63, 3.8) is 0 Å². The predicted molar refractivity (Wildman–Crippen MR) is 126 cm³/mol. The normalized spacial score (nSPS) is 10.8. The van der Waals surface area contributed by atoms with E-state index in [1.807, 2.05) is 20.8 Å². The minimum atomic E-state index is -1.10. The van der Waals surface area contributed by atoms with Gasteiger partial charge in [0.05, 0.1) is 23.9 Å². The Kier molecular flexibility index (Phi) is 9.00. The number of esters is 1. The molecule has 1 amide bonds. The number of nitrogens with one attached hydrogen (secondary N) is 1. The smallest absolute Gasteiger partial charge is 0.337 e. The van der Waals surface area contributed by atoms with Gasteiger partial charge in [-0.3, -0.25) is 4.79 Å². The largest absolute Gasteiger partial charge is 0.478 e. The van der Waals surface area contributed by atoms with Crippen LogP contribution in [0.3, 0.4) is 0 Å².